The number of rotatable bonds is 3. The summed E-state index contributed by atoms with van der Waals surface area (Å²) in [6, 6.07) is 7.22. The molecule has 1 aromatic heterocycles. The van der Waals surface area contributed by atoms with Crippen LogP contribution in [0.4, 0.5) is 5.00 Å². The second-order valence-corrected chi connectivity index (χ2v) is 7.01. The Morgan fingerprint density at radius 3 is 2.84 bits per heavy atom. The number of hydrogen-bond acceptors (Lipinski definition) is 6. The van der Waals surface area contributed by atoms with E-state index in [2.05, 4.69) is 5.32 Å². The second-order valence-electron chi connectivity index (χ2n) is 5.91. The normalized spacial score (nSPS) is 17.7. The number of amides is 1. The predicted molar refractivity (Wildman–Crippen MR) is 92.7 cm³/mol. The fourth-order valence-corrected chi connectivity index (χ4v) is 4.43. The van der Waals surface area contributed by atoms with E-state index in [0.29, 0.717) is 22.1 Å². The van der Waals surface area contributed by atoms with Gasteiger partial charge < -0.3 is 19.5 Å². The standard InChI is InChI=1S/C18H17NO5S/c1-22-18(21)15-10-5-4-8-14(10)25-17(15)19-16(20)13-9-23-11-6-2-3-7-12(11)24-13/h2-3,6-7,13H,4-5,8-9H2,1H3,(H,19,20)/t13-/m0/s1. The highest BCUT2D eigenvalue weighted by atomic mass is 32.1. The lowest BCUT2D eigenvalue weighted by atomic mass is 10.1. The number of carbonyl (C=O) groups is 2. The summed E-state index contributed by atoms with van der Waals surface area (Å²) in [5.41, 5.74) is 1.48. The van der Waals surface area contributed by atoms with Crippen LogP contribution in [0.1, 0.15) is 27.2 Å². The van der Waals surface area contributed by atoms with Crippen molar-refractivity contribution in [1.82, 2.24) is 0 Å². The summed E-state index contributed by atoms with van der Waals surface area (Å²) in [7, 11) is 1.35. The monoisotopic (exact) mass is 359 g/mol. The van der Waals surface area contributed by atoms with Crippen LogP contribution in [0.3, 0.4) is 0 Å². The zero-order valence-corrected chi connectivity index (χ0v) is 14.5. The van der Waals surface area contributed by atoms with Crippen molar-refractivity contribution in [2.75, 3.05) is 19.0 Å². The molecule has 1 atom stereocenters. The first-order valence-corrected chi connectivity index (χ1v) is 8.91. The molecule has 0 saturated carbocycles. The lowest BCUT2D eigenvalue weighted by molar-refractivity contribution is -0.125. The molecule has 0 saturated heterocycles. The van der Waals surface area contributed by atoms with Crippen LogP contribution >= 0.6 is 11.3 Å². The third-order valence-electron chi connectivity index (χ3n) is 4.35. The highest BCUT2D eigenvalue weighted by Crippen LogP contribution is 2.40. The number of benzene rings is 1. The molecular formula is C18H17NO5S. The highest BCUT2D eigenvalue weighted by molar-refractivity contribution is 7.17. The Balaban J connectivity index is 1.55. The van der Waals surface area contributed by atoms with Crippen LogP contribution in [0.15, 0.2) is 24.3 Å². The molecule has 2 aromatic rings. The Labute approximate surface area is 148 Å². The Kier molecular flexibility index (Phi) is 4.09. The Bertz CT molecular complexity index is 844. The average Bonchev–Trinajstić information content (AvgIpc) is 3.21. The molecule has 1 aliphatic carbocycles. The molecule has 130 valence electrons. The van der Waals surface area contributed by atoms with Crippen LogP contribution in [0.2, 0.25) is 0 Å². The summed E-state index contributed by atoms with van der Waals surface area (Å²) in [6.45, 7) is 0.126. The number of methoxy groups -OCH3 is 1. The van der Waals surface area contributed by atoms with Gasteiger partial charge in [-0.1, -0.05) is 12.1 Å². The summed E-state index contributed by atoms with van der Waals surface area (Å²) >= 11 is 1.44. The Morgan fingerprint density at radius 2 is 2.04 bits per heavy atom. The molecule has 1 aromatic carbocycles. The molecule has 0 spiro atoms. The van der Waals surface area contributed by atoms with Crippen LogP contribution < -0.4 is 14.8 Å². The number of hydrogen-bond donors (Lipinski definition) is 1. The van der Waals surface area contributed by atoms with Crippen LogP contribution in [-0.2, 0) is 22.4 Å². The number of anilines is 1. The minimum Gasteiger partial charge on any atom is -0.485 e. The first-order valence-electron chi connectivity index (χ1n) is 8.09. The third-order valence-corrected chi connectivity index (χ3v) is 5.56. The lowest BCUT2D eigenvalue weighted by Gasteiger charge is -2.25. The summed E-state index contributed by atoms with van der Waals surface area (Å²) in [4.78, 5) is 25.9. The van der Waals surface area contributed by atoms with Gasteiger partial charge in [-0.05, 0) is 37.0 Å². The molecule has 6 nitrogen and oxygen atoms in total. The molecular weight excluding hydrogens is 342 g/mol. The number of para-hydroxylation sites is 2. The molecule has 0 fully saturated rings. The summed E-state index contributed by atoms with van der Waals surface area (Å²) in [5.74, 6) is 0.410. The molecule has 2 aliphatic rings. The zero-order chi connectivity index (χ0) is 17.4. The van der Waals surface area contributed by atoms with Gasteiger partial charge in [-0.15, -0.1) is 11.3 Å². The Morgan fingerprint density at radius 1 is 1.24 bits per heavy atom. The fraction of sp³-hybridized carbons (Fsp3) is 0.333. The van der Waals surface area contributed by atoms with Gasteiger partial charge in [0.05, 0.1) is 12.7 Å². The van der Waals surface area contributed by atoms with Crippen LogP contribution in [0.5, 0.6) is 11.5 Å². The number of thiophene rings is 1. The van der Waals surface area contributed by atoms with E-state index in [-0.39, 0.29) is 12.5 Å². The van der Waals surface area contributed by atoms with Crippen molar-refractivity contribution in [1.29, 1.82) is 0 Å². The minimum absolute atomic E-state index is 0.126. The van der Waals surface area contributed by atoms with Gasteiger partial charge >= 0.3 is 5.97 Å². The molecule has 2 heterocycles. The molecule has 1 N–H and O–H groups in total. The molecule has 4 rings (SSSR count). The second kappa shape index (κ2) is 6.40. The van der Waals surface area contributed by atoms with Gasteiger partial charge in [0, 0.05) is 4.88 Å². The number of ether oxygens (including phenoxy) is 3. The SMILES string of the molecule is COC(=O)c1c(NC(=O)[C@@H]2COc3ccccc3O2)sc2c1CCC2. The van der Waals surface area contributed by atoms with Gasteiger partial charge in [-0.3, -0.25) is 4.79 Å². The highest BCUT2D eigenvalue weighted by Gasteiger charge is 2.32. The molecule has 0 radical (unpaired) electrons. The number of nitrogens with one attached hydrogen (secondary N) is 1. The van der Waals surface area contributed by atoms with Crippen molar-refractivity contribution in [2.24, 2.45) is 0 Å². The van der Waals surface area contributed by atoms with Gasteiger partial charge in [0.1, 0.15) is 11.6 Å². The predicted octanol–water partition coefficient (Wildman–Crippen LogP) is 2.80. The third kappa shape index (κ3) is 2.84. The topological polar surface area (TPSA) is 73.9 Å². The van der Waals surface area contributed by atoms with Crippen molar-refractivity contribution in [3.63, 3.8) is 0 Å². The Hall–Kier alpha value is -2.54. The first kappa shape index (κ1) is 16.0. The van der Waals surface area contributed by atoms with E-state index in [9.17, 15) is 9.59 Å². The van der Waals surface area contributed by atoms with E-state index in [1.807, 2.05) is 12.1 Å². The van der Waals surface area contributed by atoms with E-state index >= 15 is 0 Å². The zero-order valence-electron chi connectivity index (χ0n) is 13.7. The van der Waals surface area contributed by atoms with Crippen molar-refractivity contribution in [3.8, 4) is 11.5 Å². The number of esters is 1. The van der Waals surface area contributed by atoms with E-state index in [1.165, 1.54) is 18.4 Å². The van der Waals surface area contributed by atoms with Crippen molar-refractivity contribution >= 4 is 28.2 Å². The van der Waals surface area contributed by atoms with Gasteiger partial charge in [0.15, 0.2) is 11.5 Å². The molecule has 0 unspecified atom stereocenters. The van der Waals surface area contributed by atoms with Gasteiger partial charge in [-0.2, -0.15) is 0 Å². The maximum Gasteiger partial charge on any atom is 0.341 e. The molecule has 0 bridgehead atoms. The number of fused-ring (bicyclic) bond motifs is 2. The van der Waals surface area contributed by atoms with Crippen molar-refractivity contribution in [2.45, 2.75) is 25.4 Å². The van der Waals surface area contributed by atoms with E-state index in [1.54, 1.807) is 12.1 Å². The van der Waals surface area contributed by atoms with Crippen molar-refractivity contribution < 1.29 is 23.8 Å². The lowest BCUT2D eigenvalue weighted by Crippen LogP contribution is -2.40. The smallest absolute Gasteiger partial charge is 0.341 e. The largest absolute Gasteiger partial charge is 0.485 e. The van der Waals surface area contributed by atoms with E-state index < -0.39 is 12.1 Å². The van der Waals surface area contributed by atoms with Gasteiger partial charge in [0.2, 0.25) is 6.10 Å². The van der Waals surface area contributed by atoms with Crippen LogP contribution in [0, 0.1) is 0 Å². The minimum atomic E-state index is -0.766. The summed E-state index contributed by atoms with van der Waals surface area (Å²) in [5, 5.41) is 3.36. The average molecular weight is 359 g/mol. The summed E-state index contributed by atoms with van der Waals surface area (Å²) in [6.07, 6.45) is 2.02. The molecule has 7 heteroatoms. The fourth-order valence-electron chi connectivity index (χ4n) is 3.15. The maximum absolute atomic E-state index is 12.6. The number of aryl methyl sites for hydroxylation is 1. The van der Waals surface area contributed by atoms with Gasteiger partial charge in [0.25, 0.3) is 5.91 Å². The van der Waals surface area contributed by atoms with E-state index in [0.717, 1.165) is 29.7 Å². The van der Waals surface area contributed by atoms with Crippen LogP contribution in [0.25, 0.3) is 0 Å². The molecule has 1 aliphatic heterocycles. The quantitative estimate of drug-likeness (QED) is 0.853. The first-order chi connectivity index (χ1) is 12.2. The number of carbonyl (C=O) groups excluding carboxylic acids is 2. The molecule has 25 heavy (non-hydrogen) atoms. The van der Waals surface area contributed by atoms with Crippen molar-refractivity contribution in [3.05, 3.63) is 40.3 Å². The maximum atomic E-state index is 12.6. The van der Waals surface area contributed by atoms with E-state index in [4.69, 9.17) is 14.2 Å². The van der Waals surface area contributed by atoms with Gasteiger partial charge in [-0.25, -0.2) is 4.79 Å². The van der Waals surface area contributed by atoms with Crippen LogP contribution in [-0.4, -0.2) is 31.7 Å². The molecule has 1 amide bonds. The summed E-state index contributed by atoms with van der Waals surface area (Å²) < 4.78 is 16.2.